The highest BCUT2D eigenvalue weighted by Crippen LogP contribution is 2.12. The highest BCUT2D eigenvalue weighted by atomic mass is 15.5. The van der Waals surface area contributed by atoms with E-state index in [0.29, 0.717) is 12.1 Å². The summed E-state index contributed by atoms with van der Waals surface area (Å²) >= 11 is 0. The van der Waals surface area contributed by atoms with E-state index >= 15 is 0 Å². The Morgan fingerprint density at radius 1 is 1.40 bits per heavy atom. The summed E-state index contributed by atoms with van der Waals surface area (Å²) in [6.07, 6.45) is 5.00. The lowest BCUT2D eigenvalue weighted by molar-refractivity contribution is 0.170. The molecule has 2 rings (SSSR count). The molecule has 20 heavy (non-hydrogen) atoms. The largest absolute Gasteiger partial charge is 0.313 e. The minimum atomic E-state index is 0.505. The number of aryl methyl sites for hydroxylation is 1. The molecule has 0 saturated carbocycles. The Kier molecular flexibility index (Phi) is 5.91. The van der Waals surface area contributed by atoms with E-state index < -0.39 is 0 Å². The third kappa shape index (κ3) is 4.24. The van der Waals surface area contributed by atoms with Crippen molar-refractivity contribution >= 4 is 0 Å². The van der Waals surface area contributed by atoms with Crippen molar-refractivity contribution in [3.63, 3.8) is 0 Å². The van der Waals surface area contributed by atoms with Crippen molar-refractivity contribution in [3.8, 4) is 0 Å². The fourth-order valence-electron chi connectivity index (χ4n) is 2.72. The molecular weight excluding hydrogens is 252 g/mol. The fraction of sp³-hybridized carbons (Fsp3) is 0.929. The summed E-state index contributed by atoms with van der Waals surface area (Å²) in [6, 6.07) is 1.12. The van der Waals surface area contributed by atoms with Crippen LogP contribution in [0.3, 0.4) is 0 Å². The molecule has 1 N–H and O–H groups in total. The predicted molar refractivity (Wildman–Crippen MR) is 79.3 cm³/mol. The summed E-state index contributed by atoms with van der Waals surface area (Å²) in [5, 5.41) is 15.7. The number of aromatic nitrogens is 4. The summed E-state index contributed by atoms with van der Waals surface area (Å²) in [5.74, 6) is 0.983. The van der Waals surface area contributed by atoms with Gasteiger partial charge >= 0.3 is 0 Å². The van der Waals surface area contributed by atoms with Crippen molar-refractivity contribution in [1.29, 1.82) is 0 Å². The average molecular weight is 280 g/mol. The van der Waals surface area contributed by atoms with Crippen LogP contribution < -0.4 is 5.32 Å². The molecule has 0 bridgehead atoms. The Labute approximate surface area is 121 Å². The Hall–Kier alpha value is -1.01. The van der Waals surface area contributed by atoms with Crippen LogP contribution in [0.5, 0.6) is 0 Å². The van der Waals surface area contributed by atoms with Gasteiger partial charge in [-0.05, 0) is 50.1 Å². The lowest BCUT2D eigenvalue weighted by Crippen LogP contribution is -2.45. The Balaban J connectivity index is 1.95. The second kappa shape index (κ2) is 7.69. The van der Waals surface area contributed by atoms with Gasteiger partial charge in [0.05, 0.1) is 6.54 Å². The number of tetrazole rings is 1. The monoisotopic (exact) mass is 280 g/mol. The van der Waals surface area contributed by atoms with Crippen LogP contribution in [0.1, 0.15) is 52.3 Å². The summed E-state index contributed by atoms with van der Waals surface area (Å²) in [5.41, 5.74) is 0. The van der Waals surface area contributed by atoms with Gasteiger partial charge in [-0.2, -0.15) is 0 Å². The molecule has 0 radical (unpaired) electrons. The quantitative estimate of drug-likeness (QED) is 0.819. The fourth-order valence-corrected chi connectivity index (χ4v) is 2.72. The zero-order valence-electron chi connectivity index (χ0n) is 13.0. The molecule has 0 amide bonds. The molecule has 1 aliphatic rings. The Bertz CT molecular complexity index is 383. The van der Waals surface area contributed by atoms with Gasteiger partial charge in [-0.25, -0.2) is 4.68 Å². The summed E-state index contributed by atoms with van der Waals surface area (Å²) in [4.78, 5) is 2.47. The summed E-state index contributed by atoms with van der Waals surface area (Å²) in [6.45, 7) is 10.6. The number of hydrogen-bond acceptors (Lipinski definition) is 5. The molecule has 1 atom stereocenters. The molecule has 1 aromatic heterocycles. The minimum Gasteiger partial charge on any atom is -0.313 e. The van der Waals surface area contributed by atoms with Gasteiger partial charge in [-0.1, -0.05) is 13.3 Å². The van der Waals surface area contributed by atoms with Crippen molar-refractivity contribution < 1.29 is 0 Å². The first-order chi connectivity index (χ1) is 9.70. The second-order valence-corrected chi connectivity index (χ2v) is 5.99. The van der Waals surface area contributed by atoms with E-state index in [2.05, 4.69) is 46.5 Å². The maximum Gasteiger partial charge on any atom is 0.165 e. The van der Waals surface area contributed by atoms with Gasteiger partial charge in [-0.15, -0.1) is 5.10 Å². The Morgan fingerprint density at radius 2 is 2.25 bits per heavy atom. The maximum atomic E-state index is 4.19. The van der Waals surface area contributed by atoms with Gasteiger partial charge in [0.15, 0.2) is 5.82 Å². The highest BCUT2D eigenvalue weighted by molar-refractivity contribution is 4.85. The van der Waals surface area contributed by atoms with E-state index in [-0.39, 0.29) is 0 Å². The summed E-state index contributed by atoms with van der Waals surface area (Å²) in [7, 11) is 0. The first-order valence-electron chi connectivity index (χ1n) is 7.93. The molecule has 1 aromatic rings. The molecule has 1 fully saturated rings. The molecule has 1 aliphatic heterocycles. The van der Waals surface area contributed by atoms with Crippen LogP contribution >= 0.6 is 0 Å². The summed E-state index contributed by atoms with van der Waals surface area (Å²) < 4.78 is 1.93. The van der Waals surface area contributed by atoms with Gasteiger partial charge in [0.2, 0.25) is 0 Å². The van der Waals surface area contributed by atoms with Crippen LogP contribution in [0.15, 0.2) is 0 Å². The van der Waals surface area contributed by atoms with Crippen LogP contribution in [0.25, 0.3) is 0 Å². The molecule has 6 heteroatoms. The number of piperidine rings is 1. The molecule has 0 spiro atoms. The molecule has 1 unspecified atom stereocenters. The zero-order valence-corrected chi connectivity index (χ0v) is 13.0. The van der Waals surface area contributed by atoms with Crippen LogP contribution in [-0.4, -0.2) is 50.3 Å². The number of nitrogens with zero attached hydrogens (tertiary/aromatic N) is 5. The van der Waals surface area contributed by atoms with Crippen molar-refractivity contribution in [1.82, 2.24) is 30.4 Å². The van der Waals surface area contributed by atoms with Crippen molar-refractivity contribution in [2.24, 2.45) is 0 Å². The molecule has 6 nitrogen and oxygen atoms in total. The topological polar surface area (TPSA) is 58.9 Å². The highest BCUT2D eigenvalue weighted by Gasteiger charge is 2.20. The number of nitrogens with one attached hydrogen (secondary N) is 1. The van der Waals surface area contributed by atoms with Crippen molar-refractivity contribution in [2.45, 2.75) is 71.6 Å². The van der Waals surface area contributed by atoms with Crippen molar-refractivity contribution in [2.75, 3.05) is 13.1 Å². The van der Waals surface area contributed by atoms with Crippen LogP contribution in [-0.2, 0) is 13.1 Å². The van der Waals surface area contributed by atoms with E-state index in [1.54, 1.807) is 0 Å². The Morgan fingerprint density at radius 3 is 2.90 bits per heavy atom. The number of hydrogen-bond donors (Lipinski definition) is 1. The smallest absolute Gasteiger partial charge is 0.165 e. The van der Waals surface area contributed by atoms with Crippen LogP contribution in [0.2, 0.25) is 0 Å². The van der Waals surface area contributed by atoms with E-state index in [0.717, 1.165) is 38.4 Å². The van der Waals surface area contributed by atoms with E-state index in [9.17, 15) is 0 Å². The standard InChI is InChI=1S/C14H28N6/c1-4-9-20-14(16-17-18-20)11-19(12(2)3)10-13-7-5-6-8-15-13/h12-13,15H,4-11H2,1-3H3. The molecule has 0 aliphatic carbocycles. The molecule has 0 aromatic carbocycles. The van der Waals surface area contributed by atoms with E-state index in [1.165, 1.54) is 19.3 Å². The van der Waals surface area contributed by atoms with Gasteiger partial charge < -0.3 is 5.32 Å². The van der Waals surface area contributed by atoms with Gasteiger partial charge in [0.25, 0.3) is 0 Å². The lowest BCUT2D eigenvalue weighted by Gasteiger charge is -2.32. The molecule has 114 valence electrons. The third-order valence-electron chi connectivity index (χ3n) is 3.98. The third-order valence-corrected chi connectivity index (χ3v) is 3.98. The van der Waals surface area contributed by atoms with Gasteiger partial charge in [0.1, 0.15) is 0 Å². The maximum absolute atomic E-state index is 4.19. The van der Waals surface area contributed by atoms with Gasteiger partial charge in [0, 0.05) is 25.2 Å². The average Bonchev–Trinajstić information content (AvgIpc) is 2.87. The first-order valence-corrected chi connectivity index (χ1v) is 7.93. The van der Waals surface area contributed by atoms with Crippen LogP contribution in [0, 0.1) is 0 Å². The normalized spacial score (nSPS) is 19.9. The van der Waals surface area contributed by atoms with E-state index in [1.807, 2.05) is 4.68 Å². The minimum absolute atomic E-state index is 0.505. The predicted octanol–water partition coefficient (Wildman–Crippen LogP) is 1.44. The van der Waals surface area contributed by atoms with Crippen LogP contribution in [0.4, 0.5) is 0 Å². The lowest BCUT2D eigenvalue weighted by atomic mass is 10.0. The zero-order chi connectivity index (χ0) is 14.4. The molecule has 1 saturated heterocycles. The van der Waals surface area contributed by atoms with Crippen molar-refractivity contribution in [3.05, 3.63) is 5.82 Å². The number of rotatable bonds is 7. The van der Waals surface area contributed by atoms with Gasteiger partial charge in [-0.3, -0.25) is 4.90 Å². The van der Waals surface area contributed by atoms with E-state index in [4.69, 9.17) is 0 Å². The molecular formula is C14H28N6. The SMILES string of the molecule is CCCn1nnnc1CN(CC1CCCCN1)C(C)C. The second-order valence-electron chi connectivity index (χ2n) is 5.99. The first kappa shape index (κ1) is 15.4. The molecule has 2 heterocycles.